The van der Waals surface area contributed by atoms with Crippen LogP contribution in [0.3, 0.4) is 0 Å². The molecule has 182 valence electrons. The van der Waals surface area contributed by atoms with E-state index in [9.17, 15) is 19.5 Å². The summed E-state index contributed by atoms with van der Waals surface area (Å²) in [6.07, 6.45) is -0.273. The van der Waals surface area contributed by atoms with Crippen LogP contribution >= 0.6 is 0 Å². The van der Waals surface area contributed by atoms with Crippen LogP contribution in [0.1, 0.15) is 44.4 Å². The third kappa shape index (κ3) is 6.04. The van der Waals surface area contributed by atoms with E-state index in [-0.39, 0.29) is 24.4 Å². The van der Waals surface area contributed by atoms with Crippen molar-refractivity contribution in [3.05, 3.63) is 113 Å². The molecule has 4 rings (SSSR count). The number of Topliss-reactive ketones (excluding diaryl/α,β-unsaturated/α-hetero) is 1. The minimum atomic E-state index is -1.03. The van der Waals surface area contributed by atoms with E-state index in [0.717, 1.165) is 5.56 Å². The highest BCUT2D eigenvalue weighted by molar-refractivity contribution is 5.99. The van der Waals surface area contributed by atoms with Gasteiger partial charge in [-0.05, 0) is 24.6 Å². The number of rotatable bonds is 10. The molecular formula is C28H26N4O4. The highest BCUT2D eigenvalue weighted by Gasteiger charge is 2.22. The van der Waals surface area contributed by atoms with Crippen molar-refractivity contribution < 1.29 is 19.5 Å². The van der Waals surface area contributed by atoms with Crippen molar-refractivity contribution >= 4 is 23.5 Å². The van der Waals surface area contributed by atoms with Crippen LogP contribution in [0, 0.1) is 6.92 Å². The first-order chi connectivity index (χ1) is 17.4. The van der Waals surface area contributed by atoms with Crippen molar-refractivity contribution in [1.29, 1.82) is 0 Å². The normalized spacial score (nSPS) is 11.5. The maximum Gasteiger partial charge on any atom is 0.305 e. The van der Waals surface area contributed by atoms with Gasteiger partial charge in [0.1, 0.15) is 5.82 Å². The highest BCUT2D eigenvalue weighted by Crippen LogP contribution is 2.21. The third-order valence-electron chi connectivity index (χ3n) is 5.63. The fraction of sp³-hybridized carbons (Fsp3) is 0.143. The summed E-state index contributed by atoms with van der Waals surface area (Å²) < 4.78 is 1.55. The highest BCUT2D eigenvalue weighted by atomic mass is 16.4. The summed E-state index contributed by atoms with van der Waals surface area (Å²) in [5.41, 5.74) is 3.08. The van der Waals surface area contributed by atoms with Crippen molar-refractivity contribution in [3.63, 3.8) is 0 Å². The first-order valence-corrected chi connectivity index (χ1v) is 11.5. The van der Waals surface area contributed by atoms with Crippen molar-refractivity contribution in [3.8, 4) is 5.69 Å². The molecule has 1 amide bonds. The first-order valence-electron chi connectivity index (χ1n) is 11.5. The molecule has 0 aliphatic rings. The Kier molecular flexibility index (Phi) is 7.55. The van der Waals surface area contributed by atoms with Crippen LogP contribution < -0.4 is 10.6 Å². The zero-order chi connectivity index (χ0) is 25.5. The van der Waals surface area contributed by atoms with Gasteiger partial charge in [0, 0.05) is 11.6 Å². The van der Waals surface area contributed by atoms with Crippen LogP contribution in [-0.2, 0) is 4.79 Å². The Morgan fingerprint density at radius 2 is 1.56 bits per heavy atom. The van der Waals surface area contributed by atoms with E-state index in [1.54, 1.807) is 47.1 Å². The number of aromatic nitrogens is 2. The van der Waals surface area contributed by atoms with E-state index in [4.69, 9.17) is 0 Å². The predicted molar refractivity (Wildman–Crippen MR) is 136 cm³/mol. The number of carbonyl (C=O) groups excluding carboxylic acids is 2. The number of nitrogens with zero attached hydrogens (tertiary/aromatic N) is 2. The van der Waals surface area contributed by atoms with Crippen molar-refractivity contribution in [2.24, 2.45) is 0 Å². The number of carbonyl (C=O) groups is 3. The van der Waals surface area contributed by atoms with Crippen molar-refractivity contribution in [2.75, 3.05) is 11.9 Å². The molecule has 0 saturated carbocycles. The molecule has 4 aromatic rings. The molecule has 0 unspecified atom stereocenters. The first kappa shape index (κ1) is 24.4. The maximum atomic E-state index is 13.2. The largest absolute Gasteiger partial charge is 0.481 e. The Hall–Kier alpha value is -4.72. The minimum Gasteiger partial charge on any atom is -0.481 e. The number of hydrogen-bond acceptors (Lipinski definition) is 5. The van der Waals surface area contributed by atoms with Gasteiger partial charge in [-0.15, -0.1) is 0 Å². The molecular weight excluding hydrogens is 456 g/mol. The van der Waals surface area contributed by atoms with Crippen LogP contribution in [0.5, 0.6) is 0 Å². The number of ketones is 1. The molecule has 1 heterocycles. The molecule has 0 fully saturated rings. The molecule has 0 aliphatic heterocycles. The molecule has 0 spiro atoms. The molecule has 0 bridgehead atoms. The molecule has 0 aliphatic carbocycles. The van der Waals surface area contributed by atoms with E-state index < -0.39 is 17.9 Å². The smallest absolute Gasteiger partial charge is 0.305 e. The van der Waals surface area contributed by atoms with E-state index in [0.29, 0.717) is 22.6 Å². The molecule has 8 heteroatoms. The molecule has 3 aromatic carbocycles. The van der Waals surface area contributed by atoms with Gasteiger partial charge in [-0.25, -0.2) is 4.68 Å². The fourth-order valence-electron chi connectivity index (χ4n) is 3.74. The van der Waals surface area contributed by atoms with Gasteiger partial charge in [0.05, 0.1) is 24.7 Å². The maximum absolute atomic E-state index is 13.2. The zero-order valence-corrected chi connectivity index (χ0v) is 19.7. The van der Waals surface area contributed by atoms with E-state index >= 15 is 0 Å². The summed E-state index contributed by atoms with van der Waals surface area (Å²) in [6.45, 7) is 1.94. The van der Waals surface area contributed by atoms with Crippen LogP contribution in [-0.4, -0.2) is 39.1 Å². The Balaban J connectivity index is 1.59. The number of benzene rings is 3. The quantitative estimate of drug-likeness (QED) is 0.288. The summed E-state index contributed by atoms with van der Waals surface area (Å²) in [4.78, 5) is 37.2. The van der Waals surface area contributed by atoms with E-state index in [1.807, 2.05) is 55.5 Å². The van der Waals surface area contributed by atoms with Gasteiger partial charge in [0.25, 0.3) is 5.91 Å². The predicted octanol–water partition coefficient (Wildman–Crippen LogP) is 4.42. The lowest BCUT2D eigenvalue weighted by atomic mass is 10.0. The lowest BCUT2D eigenvalue weighted by Crippen LogP contribution is -2.30. The van der Waals surface area contributed by atoms with E-state index in [1.165, 1.54) is 0 Å². The summed E-state index contributed by atoms with van der Waals surface area (Å²) in [5.74, 6) is -1.20. The van der Waals surface area contributed by atoms with Gasteiger partial charge < -0.3 is 15.7 Å². The Morgan fingerprint density at radius 1 is 0.917 bits per heavy atom. The van der Waals surface area contributed by atoms with Crippen molar-refractivity contribution in [2.45, 2.75) is 19.4 Å². The number of anilines is 1. The molecule has 36 heavy (non-hydrogen) atoms. The standard InChI is InChI=1S/C28H26N4O4/c1-19-12-14-20(15-13-19)23(17-27(34)35)30-28(36)24-16-26(32(31-24)22-10-6-3-7-11-22)29-18-25(33)21-8-4-2-5-9-21/h2-16,23,29H,17-18H2,1H3,(H,30,36)(H,34,35)/t23-/m0/s1. The van der Waals surface area contributed by atoms with Crippen LogP contribution in [0.15, 0.2) is 91.0 Å². The van der Waals surface area contributed by atoms with Crippen LogP contribution in [0.25, 0.3) is 5.69 Å². The summed E-state index contributed by atoms with van der Waals surface area (Å²) in [6, 6.07) is 26.3. The topological polar surface area (TPSA) is 113 Å². The molecule has 1 atom stereocenters. The van der Waals surface area contributed by atoms with Gasteiger partial charge in [0.2, 0.25) is 0 Å². The zero-order valence-electron chi connectivity index (χ0n) is 19.7. The van der Waals surface area contributed by atoms with Crippen LogP contribution in [0.2, 0.25) is 0 Å². The average Bonchev–Trinajstić information content (AvgIpc) is 3.32. The van der Waals surface area contributed by atoms with Crippen molar-refractivity contribution in [1.82, 2.24) is 15.1 Å². The Morgan fingerprint density at radius 3 is 2.19 bits per heavy atom. The van der Waals surface area contributed by atoms with Gasteiger partial charge in [-0.3, -0.25) is 14.4 Å². The molecule has 1 aromatic heterocycles. The number of aliphatic carboxylic acids is 1. The third-order valence-corrected chi connectivity index (χ3v) is 5.63. The lowest BCUT2D eigenvalue weighted by Gasteiger charge is -2.17. The van der Waals surface area contributed by atoms with Gasteiger partial charge in [-0.2, -0.15) is 5.10 Å². The summed E-state index contributed by atoms with van der Waals surface area (Å²) in [7, 11) is 0. The number of carboxylic acid groups (broad SMARTS) is 1. The second-order valence-corrected chi connectivity index (χ2v) is 8.34. The lowest BCUT2D eigenvalue weighted by molar-refractivity contribution is -0.137. The molecule has 0 saturated heterocycles. The van der Waals surface area contributed by atoms with Crippen LogP contribution in [0.4, 0.5) is 5.82 Å². The number of para-hydroxylation sites is 1. The summed E-state index contributed by atoms with van der Waals surface area (Å²) in [5, 5.41) is 19.7. The van der Waals surface area contributed by atoms with Gasteiger partial charge in [0.15, 0.2) is 11.5 Å². The fourth-order valence-corrected chi connectivity index (χ4v) is 3.74. The Labute approximate surface area is 208 Å². The number of amides is 1. The minimum absolute atomic E-state index is 0.00854. The van der Waals surface area contributed by atoms with Gasteiger partial charge >= 0.3 is 5.97 Å². The molecule has 3 N–H and O–H groups in total. The molecule has 8 nitrogen and oxygen atoms in total. The second kappa shape index (κ2) is 11.1. The second-order valence-electron chi connectivity index (χ2n) is 8.34. The number of hydrogen-bond donors (Lipinski definition) is 3. The Bertz CT molecular complexity index is 1350. The molecule has 0 radical (unpaired) electrons. The summed E-state index contributed by atoms with van der Waals surface area (Å²) >= 11 is 0. The number of nitrogens with one attached hydrogen (secondary N) is 2. The number of aryl methyl sites for hydroxylation is 1. The van der Waals surface area contributed by atoms with Gasteiger partial charge in [-0.1, -0.05) is 78.4 Å². The number of carboxylic acids is 1. The van der Waals surface area contributed by atoms with E-state index in [2.05, 4.69) is 15.7 Å². The average molecular weight is 483 g/mol. The monoisotopic (exact) mass is 482 g/mol. The SMILES string of the molecule is Cc1ccc([C@H](CC(=O)O)NC(=O)c2cc(NCC(=O)c3ccccc3)n(-c3ccccc3)n2)cc1.